The van der Waals surface area contributed by atoms with Gasteiger partial charge in [-0.1, -0.05) is 0 Å². The molecule has 6 heteroatoms. The summed E-state index contributed by atoms with van der Waals surface area (Å²) in [6.07, 6.45) is 2.08. The minimum absolute atomic E-state index is 0.142. The zero-order valence-electron chi connectivity index (χ0n) is 7.80. The molecule has 0 aliphatic carbocycles. The molecule has 1 aliphatic heterocycles. The van der Waals surface area contributed by atoms with Crippen molar-refractivity contribution in [1.29, 1.82) is 0 Å². The molecule has 1 fully saturated rings. The summed E-state index contributed by atoms with van der Waals surface area (Å²) in [5.41, 5.74) is -0.383. The maximum atomic E-state index is 11.7. The molecule has 0 saturated carbocycles. The predicted octanol–water partition coefficient (Wildman–Crippen LogP) is 0.135. The van der Waals surface area contributed by atoms with Gasteiger partial charge in [0.05, 0.1) is 23.5 Å². The molecule has 2 rings (SSSR count). The van der Waals surface area contributed by atoms with Crippen LogP contribution in [0.25, 0.3) is 0 Å². The number of carbonyl (C=O) groups is 1. The van der Waals surface area contributed by atoms with E-state index in [-0.39, 0.29) is 5.91 Å². The average molecular weight is 213 g/mol. The maximum Gasteiger partial charge on any atom is 0.275 e. The molecule has 0 bridgehead atoms. The molecule has 1 amide bonds. The standard InChI is InChI=1S/C8H11N3O2S/c1-8(13)2-3-11(5-8)7(12)6-4-9-14-10-6/h4,13H,2-3,5H2,1H3. The Labute approximate surface area is 85.7 Å². The van der Waals surface area contributed by atoms with Gasteiger partial charge in [-0.15, -0.1) is 0 Å². The highest BCUT2D eigenvalue weighted by molar-refractivity contribution is 6.99. The molecule has 1 aromatic heterocycles. The molecule has 1 N–H and O–H groups in total. The summed E-state index contributed by atoms with van der Waals surface area (Å²) >= 11 is 1.02. The van der Waals surface area contributed by atoms with Gasteiger partial charge in [0.2, 0.25) is 0 Å². The lowest BCUT2D eigenvalue weighted by atomic mass is 10.1. The predicted molar refractivity (Wildman–Crippen MR) is 51.1 cm³/mol. The molecule has 1 aromatic rings. The Hall–Kier alpha value is -1.01. The third-order valence-corrected chi connectivity index (χ3v) is 2.80. The topological polar surface area (TPSA) is 66.3 Å². The van der Waals surface area contributed by atoms with Crippen LogP contribution in [0, 0.1) is 0 Å². The van der Waals surface area contributed by atoms with Gasteiger partial charge >= 0.3 is 0 Å². The van der Waals surface area contributed by atoms with Gasteiger partial charge < -0.3 is 10.0 Å². The number of rotatable bonds is 1. The number of aromatic nitrogens is 2. The lowest BCUT2D eigenvalue weighted by Crippen LogP contribution is -2.34. The number of carbonyl (C=O) groups excluding carboxylic acids is 1. The molecule has 1 saturated heterocycles. The molecule has 76 valence electrons. The van der Waals surface area contributed by atoms with Crippen molar-refractivity contribution in [1.82, 2.24) is 13.6 Å². The minimum Gasteiger partial charge on any atom is -0.388 e. The number of aliphatic hydroxyl groups is 1. The lowest BCUT2D eigenvalue weighted by Gasteiger charge is -2.17. The van der Waals surface area contributed by atoms with Crippen molar-refractivity contribution in [2.24, 2.45) is 0 Å². The van der Waals surface area contributed by atoms with E-state index in [9.17, 15) is 9.90 Å². The molecule has 1 atom stereocenters. The van der Waals surface area contributed by atoms with Crippen LogP contribution in [0.15, 0.2) is 6.20 Å². The Morgan fingerprint density at radius 3 is 3.07 bits per heavy atom. The fourth-order valence-electron chi connectivity index (χ4n) is 1.54. The van der Waals surface area contributed by atoms with Crippen molar-refractivity contribution < 1.29 is 9.90 Å². The number of β-amino-alcohol motifs (C(OH)–C–C–N with tert-alkyl or cyclic N) is 1. The lowest BCUT2D eigenvalue weighted by molar-refractivity contribution is 0.0569. The molecule has 0 aromatic carbocycles. The first-order chi connectivity index (χ1) is 6.58. The summed E-state index contributed by atoms with van der Waals surface area (Å²) in [5.74, 6) is -0.142. The van der Waals surface area contributed by atoms with E-state index >= 15 is 0 Å². The highest BCUT2D eigenvalue weighted by atomic mass is 32.1. The van der Waals surface area contributed by atoms with Gasteiger partial charge in [0.1, 0.15) is 0 Å². The second-order valence-corrected chi connectivity index (χ2v) is 4.32. The Kier molecular flexibility index (Phi) is 2.24. The van der Waals surface area contributed by atoms with Crippen LogP contribution < -0.4 is 0 Å². The van der Waals surface area contributed by atoms with Crippen molar-refractivity contribution in [3.8, 4) is 0 Å². The van der Waals surface area contributed by atoms with Crippen molar-refractivity contribution in [2.45, 2.75) is 18.9 Å². The van der Waals surface area contributed by atoms with Crippen LogP contribution in [-0.2, 0) is 0 Å². The van der Waals surface area contributed by atoms with E-state index < -0.39 is 5.60 Å². The van der Waals surface area contributed by atoms with E-state index in [0.29, 0.717) is 25.2 Å². The summed E-state index contributed by atoms with van der Waals surface area (Å²) in [7, 11) is 0. The SMILES string of the molecule is CC1(O)CCN(C(=O)c2cnsn2)C1. The molecular weight excluding hydrogens is 202 g/mol. The first-order valence-corrected chi connectivity index (χ1v) is 5.11. The number of likely N-dealkylation sites (tertiary alicyclic amines) is 1. The molecule has 2 heterocycles. The highest BCUT2D eigenvalue weighted by Crippen LogP contribution is 2.21. The van der Waals surface area contributed by atoms with Crippen molar-refractivity contribution in [3.63, 3.8) is 0 Å². The van der Waals surface area contributed by atoms with Crippen molar-refractivity contribution in [2.75, 3.05) is 13.1 Å². The molecule has 1 unspecified atom stereocenters. The molecule has 5 nitrogen and oxygen atoms in total. The number of hydrogen-bond acceptors (Lipinski definition) is 5. The fraction of sp³-hybridized carbons (Fsp3) is 0.625. The summed E-state index contributed by atoms with van der Waals surface area (Å²) in [4.78, 5) is 13.3. The molecule has 1 aliphatic rings. The quantitative estimate of drug-likeness (QED) is 0.720. The van der Waals surface area contributed by atoms with Gasteiger partial charge in [-0.25, -0.2) is 0 Å². The van der Waals surface area contributed by atoms with Crippen molar-refractivity contribution in [3.05, 3.63) is 11.9 Å². The normalized spacial score (nSPS) is 26.9. The Morgan fingerprint density at radius 2 is 2.57 bits per heavy atom. The van der Waals surface area contributed by atoms with Crippen LogP contribution >= 0.6 is 11.7 Å². The van der Waals surface area contributed by atoms with E-state index in [1.807, 2.05) is 0 Å². The van der Waals surface area contributed by atoms with Gasteiger partial charge in [-0.2, -0.15) is 8.75 Å². The summed E-state index contributed by atoms with van der Waals surface area (Å²) in [6.45, 7) is 2.70. The van der Waals surface area contributed by atoms with Crippen LogP contribution in [0.1, 0.15) is 23.8 Å². The van der Waals surface area contributed by atoms with Gasteiger partial charge in [0, 0.05) is 13.1 Å². The first kappa shape index (κ1) is 9.54. The summed E-state index contributed by atoms with van der Waals surface area (Å²) in [5, 5.41) is 9.68. The Balaban J connectivity index is 2.08. The van der Waals surface area contributed by atoms with Gasteiger partial charge in [0.25, 0.3) is 5.91 Å². The number of amides is 1. The number of nitrogens with zero attached hydrogens (tertiary/aromatic N) is 3. The first-order valence-electron chi connectivity index (χ1n) is 4.38. The summed E-state index contributed by atoms with van der Waals surface area (Å²) < 4.78 is 7.64. The van der Waals surface area contributed by atoms with Crippen LogP contribution in [0.3, 0.4) is 0 Å². The van der Waals surface area contributed by atoms with Crippen LogP contribution in [0.4, 0.5) is 0 Å². The van der Waals surface area contributed by atoms with Crippen molar-refractivity contribution >= 4 is 17.6 Å². The second kappa shape index (κ2) is 3.29. The highest BCUT2D eigenvalue weighted by Gasteiger charge is 2.34. The van der Waals surface area contributed by atoms with Gasteiger partial charge in [-0.05, 0) is 13.3 Å². The zero-order chi connectivity index (χ0) is 10.2. The summed E-state index contributed by atoms with van der Waals surface area (Å²) in [6, 6.07) is 0. The smallest absolute Gasteiger partial charge is 0.275 e. The van der Waals surface area contributed by atoms with E-state index in [2.05, 4.69) is 8.75 Å². The van der Waals surface area contributed by atoms with Gasteiger partial charge in [-0.3, -0.25) is 4.79 Å². The third-order valence-electron chi connectivity index (χ3n) is 2.32. The largest absolute Gasteiger partial charge is 0.388 e. The van der Waals surface area contributed by atoms with E-state index in [1.165, 1.54) is 6.20 Å². The van der Waals surface area contributed by atoms with E-state index in [4.69, 9.17) is 0 Å². The van der Waals surface area contributed by atoms with Crippen LogP contribution in [0.5, 0.6) is 0 Å². The van der Waals surface area contributed by atoms with Crippen LogP contribution in [-0.4, -0.2) is 43.4 Å². The monoisotopic (exact) mass is 213 g/mol. The van der Waals surface area contributed by atoms with Gasteiger partial charge in [0.15, 0.2) is 5.69 Å². The number of hydrogen-bond donors (Lipinski definition) is 1. The third kappa shape index (κ3) is 1.76. The molecule has 0 spiro atoms. The van der Waals surface area contributed by atoms with E-state index in [0.717, 1.165) is 11.7 Å². The van der Waals surface area contributed by atoms with E-state index in [1.54, 1.807) is 11.8 Å². The zero-order valence-corrected chi connectivity index (χ0v) is 8.62. The average Bonchev–Trinajstić information content (AvgIpc) is 2.72. The minimum atomic E-state index is -0.751. The fourth-order valence-corrected chi connectivity index (χ4v) is 1.95. The van der Waals surface area contributed by atoms with Crippen LogP contribution in [0.2, 0.25) is 0 Å². The molecule has 0 radical (unpaired) electrons. The second-order valence-electron chi connectivity index (χ2n) is 3.77. The molecular formula is C8H11N3O2S. The molecule has 14 heavy (non-hydrogen) atoms. The Morgan fingerprint density at radius 1 is 1.79 bits per heavy atom. The Bertz CT molecular complexity index is 336. The maximum absolute atomic E-state index is 11.7.